The van der Waals surface area contributed by atoms with E-state index in [0.717, 1.165) is 13.1 Å². The number of anilines is 1. The molecule has 0 spiro atoms. The quantitative estimate of drug-likeness (QED) is 0.708. The van der Waals surface area contributed by atoms with Gasteiger partial charge in [0.05, 0.1) is 0 Å². The minimum atomic E-state index is 0.233. The molecule has 1 aromatic rings. The maximum Gasteiger partial charge on any atom is 0.226 e. The largest absolute Gasteiger partial charge is 0.396 e. The SMILES string of the molecule is OCC1CN(c2nccc(Cl)n2)C1. The van der Waals surface area contributed by atoms with E-state index < -0.39 is 0 Å². The third kappa shape index (κ3) is 1.73. The molecule has 1 aliphatic rings. The van der Waals surface area contributed by atoms with Crippen LogP contribution in [-0.4, -0.2) is 34.8 Å². The lowest BCUT2D eigenvalue weighted by Gasteiger charge is -2.38. The zero-order valence-electron chi connectivity index (χ0n) is 7.02. The molecule has 0 atom stereocenters. The highest BCUT2D eigenvalue weighted by atomic mass is 35.5. The number of aliphatic hydroxyl groups is 1. The second-order valence-electron chi connectivity index (χ2n) is 3.13. The Morgan fingerprint density at radius 1 is 1.62 bits per heavy atom. The lowest BCUT2D eigenvalue weighted by atomic mass is 10.0. The third-order valence-corrected chi connectivity index (χ3v) is 2.32. The molecular formula is C8H10ClN3O. The van der Waals surface area contributed by atoms with Crippen LogP contribution in [0.2, 0.25) is 5.15 Å². The lowest BCUT2D eigenvalue weighted by molar-refractivity contribution is 0.199. The molecule has 1 saturated heterocycles. The normalized spacial score (nSPS) is 17.2. The van der Waals surface area contributed by atoms with Crippen LogP contribution in [0.4, 0.5) is 5.95 Å². The van der Waals surface area contributed by atoms with Gasteiger partial charge in [-0.25, -0.2) is 9.97 Å². The summed E-state index contributed by atoms with van der Waals surface area (Å²) in [4.78, 5) is 10.1. The number of hydrogen-bond donors (Lipinski definition) is 1. The van der Waals surface area contributed by atoms with Crippen molar-refractivity contribution in [2.45, 2.75) is 0 Å². The number of aromatic nitrogens is 2. The fourth-order valence-electron chi connectivity index (χ4n) is 1.33. The maximum absolute atomic E-state index is 8.81. The monoisotopic (exact) mass is 199 g/mol. The number of rotatable bonds is 2. The van der Waals surface area contributed by atoms with Crippen LogP contribution in [-0.2, 0) is 0 Å². The molecule has 1 aliphatic heterocycles. The van der Waals surface area contributed by atoms with Crippen LogP contribution in [0.1, 0.15) is 0 Å². The van der Waals surface area contributed by atoms with E-state index in [1.54, 1.807) is 12.3 Å². The van der Waals surface area contributed by atoms with Gasteiger partial charge in [-0.3, -0.25) is 0 Å². The van der Waals surface area contributed by atoms with E-state index in [1.807, 2.05) is 4.90 Å². The highest BCUT2D eigenvalue weighted by Crippen LogP contribution is 2.21. The molecule has 70 valence electrons. The number of hydrogen-bond acceptors (Lipinski definition) is 4. The first kappa shape index (κ1) is 8.72. The second kappa shape index (κ2) is 3.47. The molecule has 4 nitrogen and oxygen atoms in total. The summed E-state index contributed by atoms with van der Waals surface area (Å²) in [6.45, 7) is 1.87. The standard InChI is InChI=1S/C8H10ClN3O/c9-7-1-2-10-8(11-7)12-3-6(4-12)5-13/h1-2,6,13H,3-5H2. The average molecular weight is 200 g/mol. The smallest absolute Gasteiger partial charge is 0.226 e. The maximum atomic E-state index is 8.81. The Labute approximate surface area is 81.2 Å². The first-order valence-corrected chi connectivity index (χ1v) is 4.52. The van der Waals surface area contributed by atoms with Crippen LogP contribution >= 0.6 is 11.6 Å². The van der Waals surface area contributed by atoms with Gasteiger partial charge in [-0.05, 0) is 6.07 Å². The molecule has 0 unspecified atom stereocenters. The van der Waals surface area contributed by atoms with Crippen molar-refractivity contribution < 1.29 is 5.11 Å². The van der Waals surface area contributed by atoms with Gasteiger partial charge in [-0.2, -0.15) is 0 Å². The van der Waals surface area contributed by atoms with Crippen LogP contribution in [0, 0.1) is 5.92 Å². The van der Waals surface area contributed by atoms with E-state index >= 15 is 0 Å². The Morgan fingerprint density at radius 3 is 3.00 bits per heavy atom. The van der Waals surface area contributed by atoms with Gasteiger partial charge in [0.15, 0.2) is 0 Å². The van der Waals surface area contributed by atoms with E-state index in [4.69, 9.17) is 16.7 Å². The zero-order chi connectivity index (χ0) is 9.26. The van der Waals surface area contributed by atoms with Gasteiger partial charge in [-0.15, -0.1) is 0 Å². The summed E-state index contributed by atoms with van der Waals surface area (Å²) < 4.78 is 0. The molecule has 1 N–H and O–H groups in total. The van der Waals surface area contributed by atoms with Crippen molar-refractivity contribution >= 4 is 17.5 Å². The Morgan fingerprint density at radius 2 is 2.38 bits per heavy atom. The van der Waals surface area contributed by atoms with Gasteiger partial charge in [0.2, 0.25) is 5.95 Å². The lowest BCUT2D eigenvalue weighted by Crippen LogP contribution is -2.49. The first-order valence-electron chi connectivity index (χ1n) is 4.14. The van der Waals surface area contributed by atoms with Crippen molar-refractivity contribution in [2.75, 3.05) is 24.6 Å². The summed E-state index contributed by atoms with van der Waals surface area (Å²) in [7, 11) is 0. The van der Waals surface area contributed by atoms with Crippen molar-refractivity contribution in [3.05, 3.63) is 17.4 Å². The van der Waals surface area contributed by atoms with Crippen LogP contribution in [0.25, 0.3) is 0 Å². The fraction of sp³-hybridized carbons (Fsp3) is 0.500. The minimum Gasteiger partial charge on any atom is -0.396 e. The molecule has 0 radical (unpaired) electrons. The van der Waals surface area contributed by atoms with Crippen molar-refractivity contribution in [3.8, 4) is 0 Å². The highest BCUT2D eigenvalue weighted by Gasteiger charge is 2.27. The molecule has 2 heterocycles. The summed E-state index contributed by atoms with van der Waals surface area (Å²) in [5.41, 5.74) is 0. The van der Waals surface area contributed by atoms with Crippen molar-refractivity contribution in [1.29, 1.82) is 0 Å². The topological polar surface area (TPSA) is 49.2 Å². The van der Waals surface area contributed by atoms with Gasteiger partial charge in [0, 0.05) is 31.8 Å². The molecule has 0 aliphatic carbocycles. The predicted molar refractivity (Wildman–Crippen MR) is 49.8 cm³/mol. The molecule has 13 heavy (non-hydrogen) atoms. The summed E-state index contributed by atoms with van der Waals surface area (Å²) in [6, 6.07) is 1.65. The highest BCUT2D eigenvalue weighted by molar-refractivity contribution is 6.29. The van der Waals surface area contributed by atoms with Crippen molar-refractivity contribution in [1.82, 2.24) is 9.97 Å². The summed E-state index contributed by atoms with van der Waals surface area (Å²) in [5.74, 6) is 1.01. The molecule has 2 rings (SSSR count). The molecule has 0 amide bonds. The number of halogens is 1. The first-order chi connectivity index (χ1) is 6.29. The van der Waals surface area contributed by atoms with Gasteiger partial charge in [-0.1, -0.05) is 11.6 Å². The van der Waals surface area contributed by atoms with E-state index in [-0.39, 0.29) is 6.61 Å². The molecule has 1 aromatic heterocycles. The van der Waals surface area contributed by atoms with E-state index in [0.29, 0.717) is 17.0 Å². The summed E-state index contributed by atoms with van der Waals surface area (Å²) >= 11 is 5.71. The van der Waals surface area contributed by atoms with Crippen LogP contribution in [0.3, 0.4) is 0 Å². The number of nitrogens with zero attached hydrogens (tertiary/aromatic N) is 3. The van der Waals surface area contributed by atoms with E-state index in [1.165, 1.54) is 0 Å². The van der Waals surface area contributed by atoms with E-state index in [2.05, 4.69) is 9.97 Å². The van der Waals surface area contributed by atoms with Crippen LogP contribution in [0.15, 0.2) is 12.3 Å². The molecule has 1 fully saturated rings. The third-order valence-electron chi connectivity index (χ3n) is 2.11. The summed E-state index contributed by atoms with van der Waals surface area (Å²) in [5, 5.41) is 9.27. The Balaban J connectivity index is 2.03. The van der Waals surface area contributed by atoms with Crippen molar-refractivity contribution in [2.24, 2.45) is 5.92 Å². The second-order valence-corrected chi connectivity index (χ2v) is 3.52. The van der Waals surface area contributed by atoms with Crippen LogP contribution < -0.4 is 4.90 Å². The van der Waals surface area contributed by atoms with Gasteiger partial charge < -0.3 is 10.0 Å². The molecule has 0 saturated carbocycles. The Kier molecular flexibility index (Phi) is 2.33. The fourth-order valence-corrected chi connectivity index (χ4v) is 1.46. The van der Waals surface area contributed by atoms with Crippen LogP contribution in [0.5, 0.6) is 0 Å². The van der Waals surface area contributed by atoms with Crippen molar-refractivity contribution in [3.63, 3.8) is 0 Å². The molecule has 0 bridgehead atoms. The average Bonchev–Trinajstić information content (AvgIpc) is 2.02. The molecular weight excluding hydrogens is 190 g/mol. The summed E-state index contributed by atoms with van der Waals surface area (Å²) in [6.07, 6.45) is 1.64. The molecule has 5 heteroatoms. The predicted octanol–water partition coefficient (Wildman–Crippen LogP) is 0.558. The Hall–Kier alpha value is -0.870. The van der Waals surface area contributed by atoms with Gasteiger partial charge in [0.25, 0.3) is 0 Å². The number of aliphatic hydroxyl groups excluding tert-OH is 1. The van der Waals surface area contributed by atoms with Gasteiger partial charge in [0.1, 0.15) is 5.15 Å². The Bertz CT molecular complexity index is 301. The minimum absolute atomic E-state index is 0.233. The van der Waals surface area contributed by atoms with E-state index in [9.17, 15) is 0 Å². The van der Waals surface area contributed by atoms with Gasteiger partial charge >= 0.3 is 0 Å². The molecule has 0 aromatic carbocycles. The zero-order valence-corrected chi connectivity index (χ0v) is 7.78.